The molecule has 0 aliphatic rings. The van der Waals surface area contributed by atoms with Crippen molar-refractivity contribution in [2.45, 2.75) is 13.5 Å². The number of amides is 1. The van der Waals surface area contributed by atoms with Crippen molar-refractivity contribution in [1.29, 1.82) is 0 Å². The predicted octanol–water partition coefficient (Wildman–Crippen LogP) is 3.81. The summed E-state index contributed by atoms with van der Waals surface area (Å²) in [5.41, 5.74) is 2.98. The van der Waals surface area contributed by atoms with Gasteiger partial charge >= 0.3 is 0 Å². The van der Waals surface area contributed by atoms with Gasteiger partial charge in [0.1, 0.15) is 17.2 Å². The van der Waals surface area contributed by atoms with Crippen LogP contribution in [0.4, 0.5) is 5.69 Å². The quantitative estimate of drug-likeness (QED) is 0.434. The number of carbonyl (C=O) groups is 1. The molecule has 1 amide bonds. The van der Waals surface area contributed by atoms with Crippen molar-refractivity contribution < 1.29 is 19.0 Å². The number of methoxy groups -OCH3 is 3. The summed E-state index contributed by atoms with van der Waals surface area (Å²) < 4.78 is 16.0. The van der Waals surface area contributed by atoms with Crippen molar-refractivity contribution in [2.24, 2.45) is 4.99 Å². The first kappa shape index (κ1) is 22.6. The van der Waals surface area contributed by atoms with E-state index in [9.17, 15) is 4.79 Å². The van der Waals surface area contributed by atoms with Crippen LogP contribution in [0.5, 0.6) is 17.2 Å². The Morgan fingerprint density at radius 3 is 2.38 bits per heavy atom. The van der Waals surface area contributed by atoms with Gasteiger partial charge in [-0.15, -0.1) is 0 Å². The third kappa shape index (κ3) is 5.98. The number of nitrogens with zero attached hydrogens (tertiary/aromatic N) is 2. The van der Waals surface area contributed by atoms with Crippen LogP contribution < -0.4 is 24.8 Å². The summed E-state index contributed by atoms with van der Waals surface area (Å²) in [6.45, 7) is 2.30. The lowest BCUT2D eigenvalue weighted by atomic mass is 10.2. The average Bonchev–Trinajstić information content (AvgIpc) is 2.82. The van der Waals surface area contributed by atoms with Crippen LogP contribution in [0.1, 0.15) is 21.5 Å². The first-order valence-electron chi connectivity index (χ1n) is 9.92. The molecule has 0 fully saturated rings. The molecule has 0 aliphatic heterocycles. The van der Waals surface area contributed by atoms with E-state index in [4.69, 9.17) is 14.2 Å². The number of carbonyl (C=O) groups excluding carboxylic acids is 1. The minimum absolute atomic E-state index is 0.268. The Hall–Kier alpha value is -4.07. The summed E-state index contributed by atoms with van der Waals surface area (Å²) in [5, 5.41) is 6.02. The average molecular weight is 434 g/mol. The molecule has 8 heteroatoms. The number of aromatic nitrogens is 1. The number of guanidine groups is 1. The van der Waals surface area contributed by atoms with E-state index in [-0.39, 0.29) is 11.9 Å². The second-order valence-corrected chi connectivity index (χ2v) is 6.91. The van der Waals surface area contributed by atoms with Crippen molar-refractivity contribution in [3.05, 3.63) is 77.6 Å². The Morgan fingerprint density at radius 1 is 1.00 bits per heavy atom. The molecule has 0 aliphatic carbocycles. The zero-order valence-electron chi connectivity index (χ0n) is 18.5. The molecule has 0 atom stereocenters. The molecule has 3 aromatic rings. The second kappa shape index (κ2) is 10.8. The van der Waals surface area contributed by atoms with E-state index in [2.05, 4.69) is 20.6 Å². The number of nitrogens with one attached hydrogen (secondary N) is 2. The number of hydrogen-bond donors (Lipinski definition) is 2. The van der Waals surface area contributed by atoms with E-state index in [1.807, 2.05) is 37.3 Å². The van der Waals surface area contributed by atoms with Gasteiger partial charge in [-0.25, -0.2) is 4.99 Å². The fourth-order valence-electron chi connectivity index (χ4n) is 2.94. The van der Waals surface area contributed by atoms with Crippen LogP contribution in [-0.4, -0.2) is 38.2 Å². The van der Waals surface area contributed by atoms with Crippen LogP contribution in [-0.2, 0) is 6.54 Å². The molecule has 0 saturated carbocycles. The van der Waals surface area contributed by atoms with E-state index in [1.165, 1.54) is 14.2 Å². The van der Waals surface area contributed by atoms with Crippen molar-refractivity contribution >= 4 is 17.6 Å². The largest absolute Gasteiger partial charge is 0.497 e. The lowest BCUT2D eigenvalue weighted by molar-refractivity contribution is 0.0976. The molecule has 0 unspecified atom stereocenters. The number of rotatable bonds is 7. The molecule has 32 heavy (non-hydrogen) atoms. The molecule has 8 nitrogen and oxygen atoms in total. The molecule has 2 aromatic carbocycles. The number of hydrogen-bond acceptors (Lipinski definition) is 6. The lowest BCUT2D eigenvalue weighted by Gasteiger charge is -2.15. The maximum atomic E-state index is 13.0. The minimum atomic E-state index is -0.369. The summed E-state index contributed by atoms with van der Waals surface area (Å²) >= 11 is 0. The van der Waals surface area contributed by atoms with Gasteiger partial charge in [-0.05, 0) is 48.4 Å². The van der Waals surface area contributed by atoms with Gasteiger partial charge < -0.3 is 19.5 Å². The smallest absolute Gasteiger partial charge is 0.258 e. The molecule has 3 rings (SSSR count). The molecule has 2 N–H and O–H groups in total. The van der Waals surface area contributed by atoms with Gasteiger partial charge in [0.2, 0.25) is 5.96 Å². The van der Waals surface area contributed by atoms with E-state index in [0.29, 0.717) is 35.0 Å². The number of benzene rings is 2. The Morgan fingerprint density at radius 2 is 1.75 bits per heavy atom. The van der Waals surface area contributed by atoms with Crippen molar-refractivity contribution in [3.8, 4) is 17.2 Å². The highest BCUT2D eigenvalue weighted by molar-refractivity contribution is 6.10. The van der Waals surface area contributed by atoms with Crippen molar-refractivity contribution in [2.75, 3.05) is 26.6 Å². The number of aryl methyl sites for hydroxylation is 1. The second-order valence-electron chi connectivity index (χ2n) is 6.91. The Labute approximate surface area is 187 Å². The lowest BCUT2D eigenvalue weighted by Crippen LogP contribution is -2.36. The molecule has 0 saturated heterocycles. The van der Waals surface area contributed by atoms with Gasteiger partial charge in [0, 0.05) is 24.0 Å². The standard InChI is InChI=1S/C24H26N4O4/c1-16-7-8-22(32-4)21(10-16)27-24(26-15-17-6-5-9-25-14-17)28-23(29)18-11-19(30-2)13-20(12-18)31-3/h5-14H,15H2,1-4H3,(H2,26,27,28,29). The highest BCUT2D eigenvalue weighted by Gasteiger charge is 2.14. The molecule has 0 spiro atoms. The highest BCUT2D eigenvalue weighted by atomic mass is 16.5. The van der Waals surface area contributed by atoms with Crippen LogP contribution in [0.25, 0.3) is 0 Å². The third-order valence-corrected chi connectivity index (χ3v) is 4.60. The SMILES string of the molecule is COc1cc(OC)cc(C(=O)NC(=NCc2cccnc2)Nc2cc(C)ccc2OC)c1. The highest BCUT2D eigenvalue weighted by Crippen LogP contribution is 2.25. The Balaban J connectivity index is 1.90. The van der Waals surface area contributed by atoms with Gasteiger partial charge in [-0.1, -0.05) is 12.1 Å². The Bertz CT molecular complexity index is 1080. The van der Waals surface area contributed by atoms with E-state index in [0.717, 1.165) is 11.1 Å². The summed E-state index contributed by atoms with van der Waals surface area (Å²) in [6, 6.07) is 14.4. The van der Waals surface area contributed by atoms with Crippen LogP contribution in [0, 0.1) is 6.92 Å². The monoisotopic (exact) mass is 434 g/mol. The number of ether oxygens (including phenoxy) is 3. The third-order valence-electron chi connectivity index (χ3n) is 4.60. The number of aliphatic imine (C=N–C) groups is 1. The van der Waals surface area contributed by atoms with Gasteiger partial charge in [0.15, 0.2) is 0 Å². The summed E-state index contributed by atoms with van der Waals surface area (Å²) in [5.74, 6) is 1.55. The van der Waals surface area contributed by atoms with Gasteiger partial charge in [0.25, 0.3) is 5.91 Å². The fourth-order valence-corrected chi connectivity index (χ4v) is 2.94. The number of anilines is 1. The molecule has 166 valence electrons. The van der Waals surface area contributed by atoms with Crippen molar-refractivity contribution in [3.63, 3.8) is 0 Å². The predicted molar refractivity (Wildman–Crippen MR) is 124 cm³/mol. The zero-order valence-corrected chi connectivity index (χ0v) is 18.5. The van der Waals surface area contributed by atoms with Gasteiger partial charge in [0.05, 0.1) is 33.6 Å². The normalized spacial score (nSPS) is 10.9. The summed E-state index contributed by atoms with van der Waals surface area (Å²) in [7, 11) is 4.65. The van der Waals surface area contributed by atoms with E-state index in [1.54, 1.807) is 37.7 Å². The molecule has 1 heterocycles. The molecule has 0 radical (unpaired) electrons. The molecule has 0 bridgehead atoms. The first-order valence-corrected chi connectivity index (χ1v) is 9.92. The zero-order chi connectivity index (χ0) is 22.9. The topological polar surface area (TPSA) is 94.1 Å². The van der Waals surface area contributed by atoms with Gasteiger partial charge in [-0.2, -0.15) is 0 Å². The van der Waals surface area contributed by atoms with E-state index >= 15 is 0 Å². The van der Waals surface area contributed by atoms with Crippen LogP contribution in [0.3, 0.4) is 0 Å². The van der Waals surface area contributed by atoms with Crippen LogP contribution in [0.2, 0.25) is 0 Å². The molecular formula is C24H26N4O4. The molecular weight excluding hydrogens is 408 g/mol. The maximum Gasteiger partial charge on any atom is 0.258 e. The summed E-state index contributed by atoms with van der Waals surface area (Å²) in [6.07, 6.45) is 3.42. The minimum Gasteiger partial charge on any atom is -0.497 e. The summed E-state index contributed by atoms with van der Waals surface area (Å²) in [4.78, 5) is 21.7. The van der Waals surface area contributed by atoms with Crippen LogP contribution in [0.15, 0.2) is 65.9 Å². The van der Waals surface area contributed by atoms with Crippen LogP contribution >= 0.6 is 0 Å². The Kier molecular flexibility index (Phi) is 7.64. The number of pyridine rings is 1. The maximum absolute atomic E-state index is 13.0. The van der Waals surface area contributed by atoms with E-state index < -0.39 is 0 Å². The fraction of sp³-hybridized carbons (Fsp3) is 0.208. The van der Waals surface area contributed by atoms with Gasteiger partial charge in [-0.3, -0.25) is 15.1 Å². The van der Waals surface area contributed by atoms with Crippen molar-refractivity contribution in [1.82, 2.24) is 10.3 Å². The molecule has 1 aromatic heterocycles. The first-order chi connectivity index (χ1) is 15.5.